The summed E-state index contributed by atoms with van der Waals surface area (Å²) in [4.78, 5) is 0. The predicted molar refractivity (Wildman–Crippen MR) is 230 cm³/mol. The van der Waals surface area contributed by atoms with Crippen LogP contribution in [0.25, 0.3) is 121 Å². The van der Waals surface area contributed by atoms with Gasteiger partial charge in [-0.2, -0.15) is 0 Å². The van der Waals surface area contributed by atoms with Crippen molar-refractivity contribution in [2.75, 3.05) is 0 Å². The summed E-state index contributed by atoms with van der Waals surface area (Å²) in [5, 5.41) is 7.04. The average molecular weight is 699 g/mol. The van der Waals surface area contributed by atoms with Gasteiger partial charge < -0.3 is 0 Å². The second kappa shape index (κ2) is 11.5. The Labute approximate surface area is 318 Å². The van der Waals surface area contributed by atoms with Crippen molar-refractivity contribution in [2.24, 2.45) is 0 Å². The van der Waals surface area contributed by atoms with Gasteiger partial charge in [0, 0.05) is 0 Å². The first-order valence-electron chi connectivity index (χ1n) is 19.0. The molecule has 0 spiro atoms. The molecule has 1 heteroatoms. The van der Waals surface area contributed by atoms with Crippen LogP contribution in [0.2, 0.25) is 0 Å². The first-order chi connectivity index (χ1) is 27.3. The second-order valence-electron chi connectivity index (χ2n) is 14.8. The van der Waals surface area contributed by atoms with E-state index in [4.69, 9.17) is 0 Å². The van der Waals surface area contributed by atoms with Gasteiger partial charge in [0.15, 0.2) is 0 Å². The lowest BCUT2D eigenvalue weighted by Gasteiger charge is -2.21. The Balaban J connectivity index is 1.28. The van der Waals surface area contributed by atoms with E-state index >= 15 is 4.39 Å². The summed E-state index contributed by atoms with van der Waals surface area (Å²) in [5.74, 6) is -0.232. The van der Waals surface area contributed by atoms with Crippen molar-refractivity contribution in [3.63, 3.8) is 0 Å². The Morgan fingerprint density at radius 2 is 0.527 bits per heavy atom. The van der Waals surface area contributed by atoms with Gasteiger partial charge in [0.1, 0.15) is 5.82 Å². The van der Waals surface area contributed by atoms with Gasteiger partial charge in [-0.1, -0.05) is 176 Å². The van der Waals surface area contributed by atoms with E-state index in [0.29, 0.717) is 0 Å². The van der Waals surface area contributed by atoms with Crippen LogP contribution in [-0.2, 0) is 0 Å². The highest BCUT2D eigenvalue weighted by atomic mass is 19.1. The van der Waals surface area contributed by atoms with E-state index in [-0.39, 0.29) is 5.82 Å². The highest BCUT2D eigenvalue weighted by Gasteiger charge is 2.37. The lowest BCUT2D eigenvalue weighted by Crippen LogP contribution is -1.94. The van der Waals surface area contributed by atoms with Gasteiger partial charge in [-0.15, -0.1) is 0 Å². The van der Waals surface area contributed by atoms with Crippen LogP contribution in [-0.4, -0.2) is 0 Å². The van der Waals surface area contributed by atoms with Crippen molar-refractivity contribution in [1.82, 2.24) is 0 Å². The molecule has 0 unspecified atom stereocenters. The Morgan fingerprint density at radius 1 is 0.236 bits per heavy atom. The molecule has 0 saturated carbocycles. The monoisotopic (exact) mass is 698 g/mol. The van der Waals surface area contributed by atoms with Crippen LogP contribution in [0.5, 0.6) is 0 Å². The van der Waals surface area contributed by atoms with Crippen molar-refractivity contribution in [3.8, 4) is 89.0 Å². The molecule has 0 heterocycles. The van der Waals surface area contributed by atoms with Gasteiger partial charge in [0.2, 0.25) is 0 Å². The van der Waals surface area contributed by atoms with Crippen molar-refractivity contribution < 1.29 is 4.39 Å². The van der Waals surface area contributed by atoms with Gasteiger partial charge in [0.25, 0.3) is 0 Å². The van der Waals surface area contributed by atoms with Crippen molar-refractivity contribution >= 4 is 32.3 Å². The molecular weight excluding hydrogens is 668 g/mol. The molecule has 0 N–H and O–H groups in total. The molecule has 0 aromatic heterocycles. The summed E-state index contributed by atoms with van der Waals surface area (Å²) in [6, 6.07) is 66.7. The molecule has 0 saturated heterocycles. The van der Waals surface area contributed by atoms with Crippen LogP contribution >= 0.6 is 0 Å². The molecule has 12 rings (SSSR count). The third-order valence-corrected chi connectivity index (χ3v) is 12.0. The first kappa shape index (κ1) is 30.4. The SMILES string of the molecule is Fc1ccc2c(-c3ccccc3)c3c(c(-c4ccccc4)c2c1)-c1ccc2c4c(ccc-3c14)-c1c-2c(-c2ccccc2)c2ccccc2c1-c1ccccc1. The molecule has 55 heavy (non-hydrogen) atoms. The highest BCUT2D eigenvalue weighted by Crippen LogP contribution is 2.64. The Morgan fingerprint density at radius 3 is 0.873 bits per heavy atom. The van der Waals surface area contributed by atoms with Crippen LogP contribution in [0.3, 0.4) is 0 Å². The Kier molecular flexibility index (Phi) is 6.33. The molecule has 2 aliphatic rings. The van der Waals surface area contributed by atoms with E-state index in [0.717, 1.165) is 33.0 Å². The maximum absolute atomic E-state index is 15.4. The second-order valence-corrected chi connectivity index (χ2v) is 14.8. The van der Waals surface area contributed by atoms with Crippen molar-refractivity contribution in [1.29, 1.82) is 0 Å². The van der Waals surface area contributed by atoms with E-state index in [1.807, 2.05) is 6.07 Å². The zero-order valence-corrected chi connectivity index (χ0v) is 29.8. The molecular formula is C54H31F. The lowest BCUT2D eigenvalue weighted by atomic mass is 9.81. The predicted octanol–water partition coefficient (Wildman–Crippen LogP) is 15.2. The van der Waals surface area contributed by atoms with Gasteiger partial charge >= 0.3 is 0 Å². The molecule has 10 aromatic carbocycles. The van der Waals surface area contributed by atoms with E-state index in [1.54, 1.807) is 12.1 Å². The molecule has 0 nitrogen and oxygen atoms in total. The fourth-order valence-electron chi connectivity index (χ4n) is 9.92. The van der Waals surface area contributed by atoms with Crippen LogP contribution in [0, 0.1) is 5.82 Å². The zero-order valence-electron chi connectivity index (χ0n) is 29.8. The molecule has 10 aromatic rings. The molecule has 0 atom stereocenters. The van der Waals surface area contributed by atoms with Gasteiger partial charge in [-0.25, -0.2) is 4.39 Å². The average Bonchev–Trinajstić information content (AvgIpc) is 3.75. The van der Waals surface area contributed by atoms with Crippen LogP contribution in [0.4, 0.5) is 4.39 Å². The fraction of sp³-hybridized carbons (Fsp3) is 0. The van der Waals surface area contributed by atoms with E-state index in [9.17, 15) is 0 Å². The summed E-state index contributed by atoms with van der Waals surface area (Å²) in [6.07, 6.45) is 0. The standard InChI is InChI=1S/C54H31F/c55-36-25-26-39-44(31-36)48(35-21-11-4-12-22-35)54-43-30-29-41-49-40(27-28-42(50(43)49)53(54)47(39)34-19-9-3-10-20-34)51-45(32-15-5-1-6-16-32)37-23-13-14-24-38(37)46(52(41)51)33-17-7-2-8-18-33/h1-31H. The topological polar surface area (TPSA) is 0 Å². The number of fused-ring (bicyclic) bond motifs is 8. The number of benzene rings is 10. The highest BCUT2D eigenvalue weighted by molar-refractivity contribution is 6.35. The molecule has 0 amide bonds. The van der Waals surface area contributed by atoms with Crippen LogP contribution in [0.1, 0.15) is 0 Å². The first-order valence-corrected chi connectivity index (χ1v) is 19.0. The number of halogens is 1. The quantitative estimate of drug-likeness (QED) is 0.172. The van der Waals surface area contributed by atoms with Crippen LogP contribution < -0.4 is 0 Å². The third-order valence-electron chi connectivity index (χ3n) is 12.0. The van der Waals surface area contributed by atoms with Crippen LogP contribution in [0.15, 0.2) is 188 Å². The van der Waals surface area contributed by atoms with Crippen molar-refractivity contribution in [3.05, 3.63) is 194 Å². The zero-order chi connectivity index (χ0) is 36.2. The summed E-state index contributed by atoms with van der Waals surface area (Å²) in [5.41, 5.74) is 19.3. The minimum atomic E-state index is -0.232. The Hall–Kier alpha value is -7.09. The lowest BCUT2D eigenvalue weighted by molar-refractivity contribution is 0.630. The smallest absolute Gasteiger partial charge is 0.123 e. The maximum atomic E-state index is 15.4. The van der Waals surface area contributed by atoms with Crippen molar-refractivity contribution in [2.45, 2.75) is 0 Å². The largest absolute Gasteiger partial charge is 0.207 e. The van der Waals surface area contributed by atoms with Gasteiger partial charge in [-0.05, 0) is 133 Å². The number of hydrogen-bond acceptors (Lipinski definition) is 0. The maximum Gasteiger partial charge on any atom is 0.123 e. The normalized spacial score (nSPS) is 12.1. The molecule has 0 aliphatic heterocycles. The van der Waals surface area contributed by atoms with E-state index in [2.05, 4.69) is 170 Å². The fourth-order valence-corrected chi connectivity index (χ4v) is 9.92. The van der Waals surface area contributed by atoms with Gasteiger partial charge in [0.05, 0.1) is 0 Å². The number of hydrogen-bond donors (Lipinski definition) is 0. The summed E-state index contributed by atoms with van der Waals surface area (Å²) >= 11 is 0. The molecule has 0 fully saturated rings. The summed E-state index contributed by atoms with van der Waals surface area (Å²) in [7, 11) is 0. The summed E-state index contributed by atoms with van der Waals surface area (Å²) < 4.78 is 15.4. The Bertz CT molecular complexity index is 3120. The molecule has 0 radical (unpaired) electrons. The molecule has 2 aliphatic carbocycles. The third kappa shape index (κ3) is 4.15. The molecule has 0 bridgehead atoms. The van der Waals surface area contributed by atoms with Gasteiger partial charge in [-0.3, -0.25) is 0 Å². The molecule has 254 valence electrons. The minimum Gasteiger partial charge on any atom is -0.207 e. The van der Waals surface area contributed by atoms with E-state index in [1.165, 1.54) is 88.3 Å². The summed E-state index contributed by atoms with van der Waals surface area (Å²) in [6.45, 7) is 0. The van der Waals surface area contributed by atoms with E-state index < -0.39 is 0 Å². The minimum absolute atomic E-state index is 0.232. The number of rotatable bonds is 4.